The first-order valence-electron chi connectivity index (χ1n) is 9.34. The number of H-pyrrole nitrogens is 1. The van der Waals surface area contributed by atoms with E-state index in [4.69, 9.17) is 11.6 Å². The normalized spacial score (nSPS) is 15.4. The van der Waals surface area contributed by atoms with E-state index in [0.29, 0.717) is 18.0 Å². The van der Waals surface area contributed by atoms with Crippen LogP contribution in [0.3, 0.4) is 0 Å². The van der Waals surface area contributed by atoms with Crippen LogP contribution in [0.15, 0.2) is 59.6 Å². The molecule has 0 unspecified atom stereocenters. The van der Waals surface area contributed by atoms with Crippen LogP contribution < -0.4 is 5.32 Å². The van der Waals surface area contributed by atoms with Gasteiger partial charge in [0.1, 0.15) is 6.54 Å². The predicted octanol–water partition coefficient (Wildman–Crippen LogP) is 4.22. The number of fused-ring (bicyclic) bond motifs is 1. The van der Waals surface area contributed by atoms with Crippen molar-refractivity contribution in [1.29, 1.82) is 0 Å². The first-order valence-corrected chi connectivity index (χ1v) is 10.5. The highest BCUT2D eigenvalue weighted by atomic mass is 35.5. The molecule has 8 heteroatoms. The summed E-state index contributed by atoms with van der Waals surface area (Å²) < 4.78 is 0. The third-order valence-corrected chi connectivity index (χ3v) is 5.86. The zero-order chi connectivity index (χ0) is 21.1. The lowest BCUT2D eigenvalue weighted by atomic mass is 10.1. The standard InChI is InChI=1S/C22H18ClN3O3S/c23-16-5-3-4-14(10-16)11-19-21(28)26(22(29)30-19)13-20(27)24-9-8-15-12-25-18-7-2-1-6-17(15)18/h1-7,10-12,25H,8-9,13H2,(H,24,27)/b19-11-. The molecule has 0 radical (unpaired) electrons. The third-order valence-electron chi connectivity index (χ3n) is 4.71. The zero-order valence-electron chi connectivity index (χ0n) is 15.9. The average Bonchev–Trinajstić information content (AvgIpc) is 3.24. The van der Waals surface area contributed by atoms with E-state index in [9.17, 15) is 14.4 Å². The number of hydrogen-bond donors (Lipinski definition) is 2. The van der Waals surface area contributed by atoms with Crippen molar-refractivity contribution in [2.24, 2.45) is 0 Å². The molecule has 2 N–H and O–H groups in total. The Bertz CT molecular complexity index is 1170. The fourth-order valence-electron chi connectivity index (χ4n) is 3.26. The molecule has 0 saturated carbocycles. The van der Waals surface area contributed by atoms with Crippen LogP contribution in [0.1, 0.15) is 11.1 Å². The van der Waals surface area contributed by atoms with E-state index in [-0.39, 0.29) is 17.4 Å². The number of imide groups is 1. The third kappa shape index (κ3) is 4.42. The zero-order valence-corrected chi connectivity index (χ0v) is 17.4. The maximum atomic E-state index is 12.5. The van der Waals surface area contributed by atoms with Crippen molar-refractivity contribution in [2.45, 2.75) is 6.42 Å². The number of aromatic amines is 1. The Balaban J connectivity index is 1.34. The number of benzene rings is 2. The van der Waals surface area contributed by atoms with Crippen LogP contribution in [0.5, 0.6) is 0 Å². The minimum Gasteiger partial charge on any atom is -0.361 e. The van der Waals surface area contributed by atoms with Gasteiger partial charge in [-0.15, -0.1) is 0 Å². The summed E-state index contributed by atoms with van der Waals surface area (Å²) in [5.41, 5.74) is 2.86. The van der Waals surface area contributed by atoms with Gasteiger partial charge in [-0.25, -0.2) is 0 Å². The van der Waals surface area contributed by atoms with Gasteiger partial charge in [-0.05, 0) is 53.6 Å². The van der Waals surface area contributed by atoms with E-state index in [1.165, 1.54) is 0 Å². The van der Waals surface area contributed by atoms with Gasteiger partial charge in [-0.1, -0.05) is 41.9 Å². The van der Waals surface area contributed by atoms with Crippen molar-refractivity contribution in [1.82, 2.24) is 15.2 Å². The van der Waals surface area contributed by atoms with Crippen molar-refractivity contribution in [2.75, 3.05) is 13.1 Å². The number of thioether (sulfide) groups is 1. The lowest BCUT2D eigenvalue weighted by Crippen LogP contribution is -2.40. The number of carbonyl (C=O) groups excluding carboxylic acids is 3. The Morgan fingerprint density at radius 2 is 2.00 bits per heavy atom. The first-order chi connectivity index (χ1) is 14.5. The van der Waals surface area contributed by atoms with Crippen LogP contribution in [0.2, 0.25) is 5.02 Å². The molecule has 1 aromatic heterocycles. The van der Waals surface area contributed by atoms with Crippen molar-refractivity contribution < 1.29 is 14.4 Å². The summed E-state index contributed by atoms with van der Waals surface area (Å²) in [6, 6.07) is 14.9. The minimum absolute atomic E-state index is 0.272. The van der Waals surface area contributed by atoms with Crippen molar-refractivity contribution >= 4 is 57.4 Å². The highest BCUT2D eigenvalue weighted by molar-refractivity contribution is 8.18. The second kappa shape index (κ2) is 8.77. The monoisotopic (exact) mass is 439 g/mol. The van der Waals surface area contributed by atoms with E-state index in [1.54, 1.807) is 30.3 Å². The quantitative estimate of drug-likeness (QED) is 0.563. The lowest BCUT2D eigenvalue weighted by molar-refractivity contribution is -0.129. The molecule has 0 aliphatic carbocycles. The summed E-state index contributed by atoms with van der Waals surface area (Å²) in [6.07, 6.45) is 4.17. The molecule has 152 valence electrons. The van der Waals surface area contributed by atoms with Gasteiger partial charge < -0.3 is 10.3 Å². The summed E-state index contributed by atoms with van der Waals surface area (Å²) in [5.74, 6) is -0.849. The van der Waals surface area contributed by atoms with E-state index >= 15 is 0 Å². The number of hydrogen-bond acceptors (Lipinski definition) is 4. The fraction of sp³-hybridized carbons (Fsp3) is 0.136. The summed E-state index contributed by atoms with van der Waals surface area (Å²) in [7, 11) is 0. The summed E-state index contributed by atoms with van der Waals surface area (Å²) in [4.78, 5) is 41.5. The van der Waals surface area contributed by atoms with E-state index in [0.717, 1.165) is 38.7 Å². The number of carbonyl (C=O) groups is 3. The summed E-state index contributed by atoms with van der Waals surface area (Å²) >= 11 is 6.78. The van der Waals surface area contributed by atoms with Crippen LogP contribution in [-0.2, 0) is 16.0 Å². The fourth-order valence-corrected chi connectivity index (χ4v) is 4.30. The van der Waals surface area contributed by atoms with Gasteiger partial charge >= 0.3 is 0 Å². The highest BCUT2D eigenvalue weighted by Crippen LogP contribution is 2.32. The van der Waals surface area contributed by atoms with E-state index in [1.807, 2.05) is 30.5 Å². The van der Waals surface area contributed by atoms with E-state index in [2.05, 4.69) is 10.3 Å². The van der Waals surface area contributed by atoms with Crippen molar-refractivity contribution in [3.63, 3.8) is 0 Å². The van der Waals surface area contributed by atoms with Crippen LogP contribution in [0.25, 0.3) is 17.0 Å². The molecule has 4 rings (SSSR count). The topological polar surface area (TPSA) is 82.3 Å². The molecule has 2 aromatic carbocycles. The molecule has 1 aliphatic rings. The Morgan fingerprint density at radius 3 is 2.83 bits per heavy atom. The van der Waals surface area contributed by atoms with Crippen LogP contribution in [0, 0.1) is 0 Å². The van der Waals surface area contributed by atoms with Gasteiger partial charge in [-0.2, -0.15) is 0 Å². The van der Waals surface area contributed by atoms with Crippen LogP contribution >= 0.6 is 23.4 Å². The van der Waals surface area contributed by atoms with Crippen LogP contribution in [-0.4, -0.2) is 40.0 Å². The van der Waals surface area contributed by atoms with Crippen molar-refractivity contribution in [3.8, 4) is 0 Å². The number of nitrogens with zero attached hydrogens (tertiary/aromatic N) is 1. The predicted molar refractivity (Wildman–Crippen MR) is 119 cm³/mol. The van der Waals surface area contributed by atoms with Gasteiger partial charge in [-0.3, -0.25) is 19.3 Å². The Morgan fingerprint density at radius 1 is 1.17 bits per heavy atom. The molecular weight excluding hydrogens is 422 g/mol. The smallest absolute Gasteiger partial charge is 0.294 e. The van der Waals surface area contributed by atoms with Crippen LogP contribution in [0.4, 0.5) is 4.79 Å². The van der Waals surface area contributed by atoms with Gasteiger partial charge in [0.25, 0.3) is 11.1 Å². The van der Waals surface area contributed by atoms with Gasteiger partial charge in [0, 0.05) is 28.7 Å². The average molecular weight is 440 g/mol. The number of rotatable bonds is 6. The molecule has 1 aliphatic heterocycles. The molecule has 3 aromatic rings. The van der Waals surface area contributed by atoms with E-state index < -0.39 is 11.1 Å². The molecule has 1 fully saturated rings. The Kier molecular flexibility index (Phi) is 5.92. The highest BCUT2D eigenvalue weighted by Gasteiger charge is 2.36. The number of aromatic nitrogens is 1. The molecule has 0 spiro atoms. The number of halogens is 1. The SMILES string of the molecule is O=C(CN1C(=O)S/C(=C\c2cccc(Cl)c2)C1=O)NCCc1c[nH]c2ccccc12. The molecule has 30 heavy (non-hydrogen) atoms. The lowest BCUT2D eigenvalue weighted by Gasteiger charge is -2.12. The summed E-state index contributed by atoms with van der Waals surface area (Å²) in [5, 5.41) is 3.98. The number of nitrogens with one attached hydrogen (secondary N) is 2. The Labute approximate surface area is 182 Å². The van der Waals surface area contributed by atoms with Gasteiger partial charge in [0.05, 0.1) is 4.91 Å². The van der Waals surface area contributed by atoms with Gasteiger partial charge in [0.15, 0.2) is 0 Å². The number of para-hydroxylation sites is 1. The molecule has 0 atom stereocenters. The molecule has 3 amide bonds. The maximum absolute atomic E-state index is 12.5. The largest absolute Gasteiger partial charge is 0.361 e. The molecule has 1 saturated heterocycles. The second-order valence-electron chi connectivity index (χ2n) is 6.78. The summed E-state index contributed by atoms with van der Waals surface area (Å²) in [6.45, 7) is 0.112. The number of amides is 3. The second-order valence-corrected chi connectivity index (χ2v) is 8.21. The maximum Gasteiger partial charge on any atom is 0.294 e. The molecule has 2 heterocycles. The molecular formula is C22H18ClN3O3S. The van der Waals surface area contributed by atoms with Gasteiger partial charge in [0.2, 0.25) is 5.91 Å². The first kappa shape index (κ1) is 20.3. The van der Waals surface area contributed by atoms with Crippen molar-refractivity contribution in [3.05, 3.63) is 75.8 Å². The Hall–Kier alpha value is -3.03. The molecule has 0 bridgehead atoms. The minimum atomic E-state index is -0.475. The molecule has 6 nitrogen and oxygen atoms in total.